The zero-order valence-electron chi connectivity index (χ0n) is 15.7. The van der Waals surface area contributed by atoms with Crippen molar-refractivity contribution in [3.63, 3.8) is 0 Å². The summed E-state index contributed by atoms with van der Waals surface area (Å²) < 4.78 is 0. The van der Waals surface area contributed by atoms with Crippen molar-refractivity contribution in [2.24, 2.45) is 35.5 Å². The van der Waals surface area contributed by atoms with Crippen LogP contribution in [0.4, 0.5) is 0 Å². The summed E-state index contributed by atoms with van der Waals surface area (Å²) in [4.78, 5) is 51.1. The fraction of sp³-hybridized carbons (Fsp3) is 0.810. The number of nitrogens with one attached hydrogen (secondary N) is 1. The number of imide groups is 2. The Hall–Kier alpha value is -1.72. The quantitative estimate of drug-likeness (QED) is 0.768. The van der Waals surface area contributed by atoms with Crippen LogP contribution >= 0.6 is 0 Å². The van der Waals surface area contributed by atoms with Gasteiger partial charge in [0, 0.05) is 6.04 Å². The standard InChI is InChI=1S/C21H28N2O4/c24-18-14-15(19(25)22-18)17-16(14)20(26)23(21(17)27)13-8-6-12(7-9-13)10-11-4-2-1-3-5-11/h11-17H,1-10H2,(H,22,24,25). The van der Waals surface area contributed by atoms with Crippen molar-refractivity contribution >= 4 is 23.6 Å². The first-order valence-corrected chi connectivity index (χ1v) is 10.8. The molecule has 1 N–H and O–H groups in total. The number of amides is 4. The summed E-state index contributed by atoms with van der Waals surface area (Å²) in [5, 5.41) is 2.29. The van der Waals surface area contributed by atoms with Gasteiger partial charge in [-0.25, -0.2) is 0 Å². The molecule has 0 radical (unpaired) electrons. The van der Waals surface area contributed by atoms with Gasteiger partial charge in [0.15, 0.2) is 0 Å². The number of hydrogen-bond acceptors (Lipinski definition) is 4. The van der Waals surface area contributed by atoms with Crippen LogP contribution in [0.25, 0.3) is 0 Å². The number of hydrogen-bond donors (Lipinski definition) is 1. The minimum Gasteiger partial charge on any atom is -0.296 e. The smallest absolute Gasteiger partial charge is 0.234 e. The SMILES string of the molecule is O=C1NC(=O)C2C1C1C(=O)N(C3CCC(CC4CCCCC4)CC3)C(=O)C21. The average Bonchev–Trinajstić information content (AvgIpc) is 2.97. The molecule has 0 spiro atoms. The first-order valence-electron chi connectivity index (χ1n) is 10.8. The van der Waals surface area contributed by atoms with Crippen molar-refractivity contribution in [2.75, 3.05) is 0 Å². The third-order valence-corrected chi connectivity index (χ3v) is 8.02. The molecule has 4 amide bonds. The van der Waals surface area contributed by atoms with E-state index in [2.05, 4.69) is 5.32 Å². The molecular formula is C21H28N2O4. The lowest BCUT2D eigenvalue weighted by Crippen LogP contribution is -2.50. The van der Waals surface area contributed by atoms with Crippen molar-refractivity contribution in [1.82, 2.24) is 10.2 Å². The molecule has 3 aliphatic carbocycles. The lowest BCUT2D eigenvalue weighted by Gasteiger charge is -2.36. The molecule has 0 bridgehead atoms. The number of fused-ring (bicyclic) bond motifs is 4. The monoisotopic (exact) mass is 372 g/mol. The third-order valence-electron chi connectivity index (χ3n) is 8.02. The predicted octanol–water partition coefficient (Wildman–Crippen LogP) is 2.02. The van der Waals surface area contributed by atoms with Gasteiger partial charge >= 0.3 is 0 Å². The van der Waals surface area contributed by atoms with E-state index in [1.165, 1.54) is 43.4 Å². The maximum absolute atomic E-state index is 12.9. The van der Waals surface area contributed by atoms with Gasteiger partial charge in [-0.1, -0.05) is 32.1 Å². The summed E-state index contributed by atoms with van der Waals surface area (Å²) >= 11 is 0. The van der Waals surface area contributed by atoms with E-state index in [0.717, 1.165) is 37.5 Å². The molecule has 5 fully saturated rings. The number of nitrogens with zero attached hydrogens (tertiary/aromatic N) is 1. The minimum absolute atomic E-state index is 0.0305. The maximum Gasteiger partial charge on any atom is 0.234 e. The molecular weight excluding hydrogens is 344 g/mol. The van der Waals surface area contributed by atoms with Crippen LogP contribution in [0.5, 0.6) is 0 Å². The molecule has 3 saturated carbocycles. The molecule has 0 aromatic heterocycles. The van der Waals surface area contributed by atoms with Crippen LogP contribution in [0, 0.1) is 35.5 Å². The molecule has 2 heterocycles. The molecule has 6 nitrogen and oxygen atoms in total. The van der Waals surface area contributed by atoms with E-state index in [1.807, 2.05) is 0 Å². The van der Waals surface area contributed by atoms with Crippen LogP contribution in [0.3, 0.4) is 0 Å². The Morgan fingerprint density at radius 1 is 0.667 bits per heavy atom. The van der Waals surface area contributed by atoms with Crippen molar-refractivity contribution < 1.29 is 19.2 Å². The zero-order chi connectivity index (χ0) is 18.7. The Bertz CT molecular complexity index is 652. The molecule has 0 aromatic rings. The van der Waals surface area contributed by atoms with Crippen LogP contribution in [0.15, 0.2) is 0 Å². The third kappa shape index (κ3) is 2.59. The molecule has 4 atom stereocenters. The highest BCUT2D eigenvalue weighted by Crippen LogP contribution is 2.55. The summed E-state index contributed by atoms with van der Waals surface area (Å²) in [6, 6.07) is -0.0305. The summed E-state index contributed by atoms with van der Waals surface area (Å²) in [5.41, 5.74) is 0. The molecule has 2 aliphatic heterocycles. The van der Waals surface area contributed by atoms with E-state index in [1.54, 1.807) is 0 Å². The van der Waals surface area contributed by atoms with Gasteiger partial charge in [0.25, 0.3) is 0 Å². The highest BCUT2D eigenvalue weighted by atomic mass is 16.2. The van der Waals surface area contributed by atoms with E-state index >= 15 is 0 Å². The summed E-state index contributed by atoms with van der Waals surface area (Å²) in [6.07, 6.45) is 12.1. The molecule has 6 heteroatoms. The van der Waals surface area contributed by atoms with E-state index in [4.69, 9.17) is 0 Å². The molecule has 0 aromatic carbocycles. The van der Waals surface area contributed by atoms with Gasteiger partial charge < -0.3 is 0 Å². The van der Waals surface area contributed by atoms with Gasteiger partial charge in [-0.05, 0) is 43.9 Å². The lowest BCUT2D eigenvalue weighted by molar-refractivity contribution is -0.146. The maximum atomic E-state index is 12.9. The number of rotatable bonds is 3. The van der Waals surface area contributed by atoms with Gasteiger partial charge in [-0.2, -0.15) is 0 Å². The minimum atomic E-state index is -0.605. The number of carbonyl (C=O) groups excluding carboxylic acids is 4. The fourth-order valence-corrected chi connectivity index (χ4v) is 6.63. The first-order chi connectivity index (χ1) is 13.1. The largest absolute Gasteiger partial charge is 0.296 e. The summed E-state index contributed by atoms with van der Waals surface area (Å²) in [5.74, 6) is -1.94. The zero-order valence-corrected chi connectivity index (χ0v) is 15.7. The summed E-state index contributed by atoms with van der Waals surface area (Å²) in [6.45, 7) is 0. The van der Waals surface area contributed by atoms with E-state index < -0.39 is 23.7 Å². The Balaban J connectivity index is 1.22. The number of carbonyl (C=O) groups is 4. The highest BCUT2D eigenvalue weighted by Gasteiger charge is 2.72. The van der Waals surface area contributed by atoms with Crippen LogP contribution in [-0.4, -0.2) is 34.6 Å². The van der Waals surface area contributed by atoms with Crippen LogP contribution in [-0.2, 0) is 19.2 Å². The molecule has 2 saturated heterocycles. The topological polar surface area (TPSA) is 83.6 Å². The second kappa shape index (κ2) is 6.42. The average molecular weight is 372 g/mol. The van der Waals surface area contributed by atoms with Gasteiger partial charge in [-0.15, -0.1) is 0 Å². The molecule has 146 valence electrons. The number of likely N-dealkylation sites (tertiary alicyclic amines) is 1. The molecule has 4 unspecified atom stereocenters. The highest BCUT2D eigenvalue weighted by molar-refractivity contribution is 6.17. The Kier molecular flexibility index (Phi) is 4.13. The Morgan fingerprint density at radius 3 is 1.74 bits per heavy atom. The molecule has 5 rings (SSSR count). The van der Waals surface area contributed by atoms with Crippen LogP contribution < -0.4 is 5.32 Å². The van der Waals surface area contributed by atoms with Gasteiger partial charge in [-0.3, -0.25) is 29.4 Å². The lowest BCUT2D eigenvalue weighted by atomic mass is 9.59. The predicted molar refractivity (Wildman–Crippen MR) is 95.9 cm³/mol. The van der Waals surface area contributed by atoms with Crippen LogP contribution in [0.2, 0.25) is 0 Å². The second-order valence-electron chi connectivity index (χ2n) is 9.42. The fourth-order valence-electron chi connectivity index (χ4n) is 6.63. The van der Waals surface area contributed by atoms with Gasteiger partial charge in [0.1, 0.15) is 0 Å². The molecule has 5 aliphatic rings. The van der Waals surface area contributed by atoms with Crippen LogP contribution in [0.1, 0.15) is 64.2 Å². The van der Waals surface area contributed by atoms with Gasteiger partial charge in [0.05, 0.1) is 23.7 Å². The van der Waals surface area contributed by atoms with Gasteiger partial charge in [0.2, 0.25) is 23.6 Å². The Morgan fingerprint density at radius 2 is 1.19 bits per heavy atom. The van der Waals surface area contributed by atoms with E-state index in [9.17, 15) is 19.2 Å². The van der Waals surface area contributed by atoms with E-state index in [0.29, 0.717) is 0 Å². The Labute approximate surface area is 159 Å². The van der Waals surface area contributed by atoms with Crippen molar-refractivity contribution in [3.8, 4) is 0 Å². The molecule has 27 heavy (non-hydrogen) atoms. The van der Waals surface area contributed by atoms with Crippen molar-refractivity contribution in [2.45, 2.75) is 70.3 Å². The van der Waals surface area contributed by atoms with Crippen molar-refractivity contribution in [3.05, 3.63) is 0 Å². The summed E-state index contributed by atoms with van der Waals surface area (Å²) in [7, 11) is 0. The normalized spacial score (nSPS) is 42.0. The second-order valence-corrected chi connectivity index (χ2v) is 9.42. The van der Waals surface area contributed by atoms with Crippen molar-refractivity contribution in [1.29, 1.82) is 0 Å². The van der Waals surface area contributed by atoms with E-state index in [-0.39, 0.29) is 29.7 Å². The first kappa shape index (κ1) is 17.4.